The molecule has 0 saturated carbocycles. The van der Waals surface area contributed by atoms with Crippen LogP contribution in [0.3, 0.4) is 0 Å². The van der Waals surface area contributed by atoms with Crippen LogP contribution in [0.1, 0.15) is 18.5 Å². The Morgan fingerprint density at radius 3 is 2.05 bits per heavy atom. The predicted octanol–water partition coefficient (Wildman–Crippen LogP) is 3.37. The van der Waals surface area contributed by atoms with Crippen molar-refractivity contribution in [3.63, 3.8) is 0 Å². The average molecular weight is 251 g/mol. The monoisotopic (exact) mass is 251 g/mol. The number of aliphatic hydroxyl groups excluding tert-OH is 1. The van der Waals surface area contributed by atoms with Gasteiger partial charge in [-0.15, -0.1) is 0 Å². The van der Waals surface area contributed by atoms with Crippen molar-refractivity contribution >= 4 is 21.5 Å². The molecule has 2 nitrogen and oxygen atoms in total. The second kappa shape index (κ2) is 4.65. The van der Waals surface area contributed by atoms with Crippen LogP contribution in [0.25, 0.3) is 21.5 Å². The van der Waals surface area contributed by atoms with Gasteiger partial charge in [0.05, 0.1) is 12.1 Å². The van der Waals surface area contributed by atoms with Gasteiger partial charge in [-0.05, 0) is 52.2 Å². The molecular weight excluding hydrogens is 234 g/mol. The highest BCUT2D eigenvalue weighted by molar-refractivity contribution is 5.98. The zero-order valence-corrected chi connectivity index (χ0v) is 10.9. The molecule has 2 heteroatoms. The third kappa shape index (κ3) is 2.21. The van der Waals surface area contributed by atoms with E-state index in [1.807, 2.05) is 18.2 Å². The molecule has 0 unspecified atom stereocenters. The van der Waals surface area contributed by atoms with E-state index >= 15 is 0 Å². The summed E-state index contributed by atoms with van der Waals surface area (Å²) in [4.78, 5) is 0. The maximum Gasteiger partial charge on any atom is 0.0704 e. The molecule has 19 heavy (non-hydrogen) atoms. The van der Waals surface area contributed by atoms with Gasteiger partial charge in [-0.25, -0.2) is 0 Å². The first kappa shape index (κ1) is 12.2. The lowest BCUT2D eigenvalue weighted by Crippen LogP contribution is -2.22. The molecule has 0 fully saturated rings. The fourth-order valence-corrected chi connectivity index (χ4v) is 2.44. The zero-order valence-electron chi connectivity index (χ0n) is 10.9. The number of rotatable bonds is 2. The SMILES string of the molecule is C[C@@H](O)[C@@H](N)c1ccc2cc3ccccc3cc2c1. The quantitative estimate of drug-likeness (QED) is 0.686. The van der Waals surface area contributed by atoms with Gasteiger partial charge in [-0.1, -0.05) is 36.4 Å². The van der Waals surface area contributed by atoms with E-state index in [0.29, 0.717) is 0 Å². The van der Waals surface area contributed by atoms with E-state index in [1.165, 1.54) is 16.2 Å². The molecule has 0 aliphatic carbocycles. The van der Waals surface area contributed by atoms with Crippen molar-refractivity contribution in [2.45, 2.75) is 19.1 Å². The molecule has 0 spiro atoms. The third-order valence-electron chi connectivity index (χ3n) is 3.63. The minimum absolute atomic E-state index is 0.337. The fourth-order valence-electron chi connectivity index (χ4n) is 2.44. The summed E-state index contributed by atoms with van der Waals surface area (Å²) in [6.45, 7) is 1.72. The Morgan fingerprint density at radius 1 is 0.842 bits per heavy atom. The van der Waals surface area contributed by atoms with Crippen LogP contribution in [0.4, 0.5) is 0 Å². The first-order chi connectivity index (χ1) is 9.15. The lowest BCUT2D eigenvalue weighted by Gasteiger charge is -2.15. The van der Waals surface area contributed by atoms with Crippen LogP contribution >= 0.6 is 0 Å². The van der Waals surface area contributed by atoms with Gasteiger partial charge in [0.2, 0.25) is 0 Å². The molecule has 0 amide bonds. The summed E-state index contributed by atoms with van der Waals surface area (Å²) in [6, 6.07) is 18.5. The molecule has 3 N–H and O–H groups in total. The van der Waals surface area contributed by atoms with Crippen molar-refractivity contribution in [2.75, 3.05) is 0 Å². The second-order valence-corrected chi connectivity index (χ2v) is 5.07. The molecule has 0 aliphatic heterocycles. The van der Waals surface area contributed by atoms with E-state index in [1.54, 1.807) is 6.92 Å². The molecule has 3 rings (SSSR count). The van der Waals surface area contributed by atoms with Crippen molar-refractivity contribution in [1.82, 2.24) is 0 Å². The van der Waals surface area contributed by atoms with Crippen LogP contribution in [0.2, 0.25) is 0 Å². The largest absolute Gasteiger partial charge is 0.391 e. The maximum absolute atomic E-state index is 9.59. The molecule has 2 atom stereocenters. The topological polar surface area (TPSA) is 46.2 Å². The number of aliphatic hydroxyl groups is 1. The summed E-state index contributed by atoms with van der Waals surface area (Å²) in [6.07, 6.45) is -0.544. The van der Waals surface area contributed by atoms with Crippen LogP contribution < -0.4 is 5.73 Å². The lowest BCUT2D eigenvalue weighted by molar-refractivity contribution is 0.164. The van der Waals surface area contributed by atoms with E-state index < -0.39 is 6.10 Å². The molecule has 0 radical (unpaired) electrons. The van der Waals surface area contributed by atoms with Crippen molar-refractivity contribution in [1.29, 1.82) is 0 Å². The van der Waals surface area contributed by atoms with Crippen LogP contribution in [0, 0.1) is 0 Å². The Hall–Kier alpha value is -1.90. The van der Waals surface area contributed by atoms with Gasteiger partial charge in [-0.3, -0.25) is 0 Å². The molecule has 0 aliphatic rings. The minimum atomic E-state index is -0.544. The number of hydrogen-bond donors (Lipinski definition) is 2. The molecule has 0 aromatic heterocycles. The van der Waals surface area contributed by atoms with Crippen molar-refractivity contribution in [3.05, 3.63) is 60.2 Å². The first-order valence-electron chi connectivity index (χ1n) is 6.51. The molecule has 96 valence electrons. The van der Waals surface area contributed by atoms with E-state index in [9.17, 15) is 5.11 Å². The van der Waals surface area contributed by atoms with E-state index in [-0.39, 0.29) is 6.04 Å². The molecule has 0 bridgehead atoms. The average Bonchev–Trinajstić information content (AvgIpc) is 2.43. The third-order valence-corrected chi connectivity index (χ3v) is 3.63. The number of nitrogens with two attached hydrogens (primary N) is 1. The summed E-state index contributed by atoms with van der Waals surface area (Å²) < 4.78 is 0. The Bertz CT molecular complexity index is 733. The van der Waals surface area contributed by atoms with Gasteiger partial charge in [0.1, 0.15) is 0 Å². The molecule has 3 aromatic carbocycles. The summed E-state index contributed by atoms with van der Waals surface area (Å²) >= 11 is 0. The lowest BCUT2D eigenvalue weighted by atomic mass is 9.97. The number of hydrogen-bond acceptors (Lipinski definition) is 2. The Kier molecular flexibility index (Phi) is 2.97. The Morgan fingerprint density at radius 2 is 1.42 bits per heavy atom. The molecular formula is C17H17NO. The maximum atomic E-state index is 9.59. The first-order valence-corrected chi connectivity index (χ1v) is 6.51. The van der Waals surface area contributed by atoms with Crippen LogP contribution in [0.15, 0.2) is 54.6 Å². The molecule has 0 heterocycles. The van der Waals surface area contributed by atoms with Crippen molar-refractivity contribution < 1.29 is 5.11 Å². The van der Waals surface area contributed by atoms with E-state index in [2.05, 4.69) is 36.4 Å². The van der Waals surface area contributed by atoms with E-state index in [4.69, 9.17) is 5.73 Å². The second-order valence-electron chi connectivity index (χ2n) is 5.07. The Balaban J connectivity index is 2.19. The fraction of sp³-hybridized carbons (Fsp3) is 0.176. The minimum Gasteiger partial charge on any atom is -0.391 e. The van der Waals surface area contributed by atoms with Gasteiger partial charge in [-0.2, -0.15) is 0 Å². The highest BCUT2D eigenvalue weighted by Gasteiger charge is 2.12. The molecule has 0 saturated heterocycles. The molecule has 3 aromatic rings. The highest BCUT2D eigenvalue weighted by atomic mass is 16.3. The summed E-state index contributed by atoms with van der Waals surface area (Å²) in [7, 11) is 0. The standard InChI is InChI=1S/C17H17NO/c1-11(19)17(18)15-7-6-14-8-12-4-2-3-5-13(12)9-16(14)10-15/h2-11,17,19H,18H2,1H3/t11-,17-/m1/s1. The van der Waals surface area contributed by atoms with Gasteiger partial charge in [0, 0.05) is 0 Å². The van der Waals surface area contributed by atoms with Gasteiger partial charge in [0.15, 0.2) is 0 Å². The Labute approximate surface area is 112 Å². The van der Waals surface area contributed by atoms with Gasteiger partial charge >= 0.3 is 0 Å². The predicted molar refractivity (Wildman–Crippen MR) is 80.1 cm³/mol. The van der Waals surface area contributed by atoms with Gasteiger partial charge in [0.25, 0.3) is 0 Å². The normalized spacial score (nSPS) is 14.7. The highest BCUT2D eigenvalue weighted by Crippen LogP contribution is 2.26. The van der Waals surface area contributed by atoms with Crippen LogP contribution in [0.5, 0.6) is 0 Å². The number of fused-ring (bicyclic) bond motifs is 2. The summed E-state index contributed by atoms with van der Waals surface area (Å²) in [5.41, 5.74) is 6.96. The van der Waals surface area contributed by atoms with Crippen LogP contribution in [-0.2, 0) is 0 Å². The smallest absolute Gasteiger partial charge is 0.0704 e. The van der Waals surface area contributed by atoms with Crippen molar-refractivity contribution in [2.24, 2.45) is 5.73 Å². The van der Waals surface area contributed by atoms with Crippen molar-refractivity contribution in [3.8, 4) is 0 Å². The number of benzene rings is 3. The van der Waals surface area contributed by atoms with E-state index in [0.717, 1.165) is 10.9 Å². The zero-order chi connectivity index (χ0) is 13.4. The van der Waals surface area contributed by atoms with Gasteiger partial charge < -0.3 is 10.8 Å². The summed E-state index contributed by atoms with van der Waals surface area (Å²) in [5, 5.41) is 14.4. The van der Waals surface area contributed by atoms with Crippen LogP contribution in [-0.4, -0.2) is 11.2 Å². The summed E-state index contributed by atoms with van der Waals surface area (Å²) in [5.74, 6) is 0.